The molecule has 1 N–H and O–H groups in total. The minimum absolute atomic E-state index is 0.151. The molecule has 0 aliphatic rings. The van der Waals surface area contributed by atoms with Crippen molar-refractivity contribution in [1.29, 1.82) is 0 Å². The molecule has 0 aromatic carbocycles. The van der Waals surface area contributed by atoms with Gasteiger partial charge in [0, 0.05) is 6.04 Å². The fraction of sp³-hybridized carbons (Fsp3) is 0.500. The highest BCUT2D eigenvalue weighted by Gasteiger charge is 2.15. The second-order valence-electron chi connectivity index (χ2n) is 5.55. The molecular formula is C14H19BrN4O. The normalized spacial score (nSPS) is 11.6. The van der Waals surface area contributed by atoms with Crippen LogP contribution in [0.3, 0.4) is 0 Å². The summed E-state index contributed by atoms with van der Waals surface area (Å²) in [5, 5.41) is 0. The fourth-order valence-corrected chi connectivity index (χ4v) is 2.40. The molecule has 0 amide bonds. The Balaban J connectivity index is 2.55. The molecule has 0 radical (unpaired) electrons. The van der Waals surface area contributed by atoms with Gasteiger partial charge < -0.3 is 9.55 Å². The van der Waals surface area contributed by atoms with E-state index in [1.165, 1.54) is 0 Å². The first-order valence-corrected chi connectivity index (χ1v) is 7.50. The van der Waals surface area contributed by atoms with Crippen LogP contribution in [0, 0.1) is 5.92 Å². The fourth-order valence-electron chi connectivity index (χ4n) is 2.05. The number of rotatable bonds is 4. The third-order valence-electron chi connectivity index (χ3n) is 3.00. The number of aromatic amines is 1. The molecule has 0 atom stereocenters. The highest BCUT2D eigenvalue weighted by Crippen LogP contribution is 2.21. The van der Waals surface area contributed by atoms with Crippen LogP contribution in [0.4, 0.5) is 0 Å². The predicted octanol–water partition coefficient (Wildman–Crippen LogP) is 3.18. The topological polar surface area (TPSA) is 63.6 Å². The van der Waals surface area contributed by atoms with Crippen molar-refractivity contribution in [1.82, 2.24) is 19.5 Å². The lowest BCUT2D eigenvalue weighted by Crippen LogP contribution is -2.16. The number of imidazole rings is 1. The van der Waals surface area contributed by atoms with Gasteiger partial charge in [-0.05, 0) is 42.1 Å². The first-order chi connectivity index (χ1) is 9.40. The number of halogens is 1. The lowest BCUT2D eigenvalue weighted by molar-refractivity contribution is 0.601. The largest absolute Gasteiger partial charge is 0.326 e. The van der Waals surface area contributed by atoms with E-state index in [2.05, 4.69) is 58.6 Å². The van der Waals surface area contributed by atoms with Crippen molar-refractivity contribution in [3.63, 3.8) is 0 Å². The summed E-state index contributed by atoms with van der Waals surface area (Å²) < 4.78 is 2.51. The summed E-state index contributed by atoms with van der Waals surface area (Å²) in [6.45, 7) is 8.34. The van der Waals surface area contributed by atoms with Crippen molar-refractivity contribution in [3.8, 4) is 11.5 Å². The molecular weight excluding hydrogens is 320 g/mol. The van der Waals surface area contributed by atoms with Gasteiger partial charge in [-0.15, -0.1) is 0 Å². The van der Waals surface area contributed by atoms with Gasteiger partial charge in [0.05, 0.1) is 18.2 Å². The van der Waals surface area contributed by atoms with Crippen molar-refractivity contribution in [2.75, 3.05) is 0 Å². The minimum Gasteiger partial charge on any atom is -0.326 e. The molecule has 108 valence electrons. The number of hydrogen-bond donors (Lipinski definition) is 1. The number of H-pyrrole nitrogens is 1. The van der Waals surface area contributed by atoms with Gasteiger partial charge in [-0.3, -0.25) is 4.79 Å². The summed E-state index contributed by atoms with van der Waals surface area (Å²) in [4.78, 5) is 23.6. The molecule has 0 saturated carbocycles. The summed E-state index contributed by atoms with van der Waals surface area (Å²) >= 11 is 3.32. The van der Waals surface area contributed by atoms with Gasteiger partial charge in [-0.1, -0.05) is 13.8 Å². The van der Waals surface area contributed by atoms with Crippen LogP contribution in [0.5, 0.6) is 0 Å². The van der Waals surface area contributed by atoms with Gasteiger partial charge in [0.25, 0.3) is 5.56 Å². The summed E-state index contributed by atoms with van der Waals surface area (Å²) in [5.74, 6) is 1.00. The van der Waals surface area contributed by atoms with E-state index in [1.807, 2.05) is 4.57 Å². The molecule has 5 nitrogen and oxygen atoms in total. The molecule has 20 heavy (non-hydrogen) atoms. The smallest absolute Gasteiger partial charge is 0.265 e. The molecule has 0 spiro atoms. The predicted molar refractivity (Wildman–Crippen MR) is 82.7 cm³/mol. The van der Waals surface area contributed by atoms with E-state index in [0.29, 0.717) is 16.2 Å². The number of nitrogens with zero attached hydrogens (tertiary/aromatic N) is 3. The van der Waals surface area contributed by atoms with Crippen molar-refractivity contribution in [2.24, 2.45) is 5.92 Å². The maximum absolute atomic E-state index is 12.0. The van der Waals surface area contributed by atoms with Gasteiger partial charge >= 0.3 is 0 Å². The zero-order valence-corrected chi connectivity index (χ0v) is 13.7. The second-order valence-corrected chi connectivity index (χ2v) is 6.35. The zero-order chi connectivity index (χ0) is 14.9. The van der Waals surface area contributed by atoms with E-state index in [0.717, 1.165) is 17.8 Å². The van der Waals surface area contributed by atoms with Crippen LogP contribution >= 0.6 is 15.9 Å². The van der Waals surface area contributed by atoms with E-state index >= 15 is 0 Å². The molecule has 0 fully saturated rings. The molecule has 2 rings (SSSR count). The third-order valence-corrected chi connectivity index (χ3v) is 3.82. The Labute approximate surface area is 126 Å². The first-order valence-electron chi connectivity index (χ1n) is 6.71. The van der Waals surface area contributed by atoms with Crippen LogP contribution in [-0.2, 0) is 6.42 Å². The Bertz CT molecular complexity index is 657. The van der Waals surface area contributed by atoms with E-state index in [9.17, 15) is 4.79 Å². The maximum atomic E-state index is 12.0. The molecule has 0 saturated heterocycles. The molecule has 0 unspecified atom stereocenters. The Morgan fingerprint density at radius 3 is 2.65 bits per heavy atom. The van der Waals surface area contributed by atoms with Gasteiger partial charge in [0.1, 0.15) is 10.2 Å². The first kappa shape index (κ1) is 15.0. The third kappa shape index (κ3) is 3.00. The Morgan fingerprint density at radius 2 is 2.05 bits per heavy atom. The molecule has 2 aromatic rings. The molecule has 2 heterocycles. The van der Waals surface area contributed by atoms with Crippen molar-refractivity contribution >= 4 is 15.9 Å². The molecule has 0 aliphatic carbocycles. The number of hydrogen-bond acceptors (Lipinski definition) is 3. The zero-order valence-electron chi connectivity index (χ0n) is 12.1. The van der Waals surface area contributed by atoms with Crippen molar-refractivity contribution in [3.05, 3.63) is 33.0 Å². The molecule has 0 bridgehead atoms. The highest BCUT2D eigenvalue weighted by atomic mass is 79.9. The van der Waals surface area contributed by atoms with Gasteiger partial charge in [0.15, 0.2) is 5.82 Å². The maximum Gasteiger partial charge on any atom is 0.265 e. The van der Waals surface area contributed by atoms with Gasteiger partial charge in [0.2, 0.25) is 0 Å². The van der Waals surface area contributed by atoms with E-state index in [-0.39, 0.29) is 11.6 Å². The Hall–Kier alpha value is -1.43. The number of aromatic nitrogens is 4. The average Bonchev–Trinajstić information content (AvgIpc) is 2.83. The van der Waals surface area contributed by atoms with Crippen LogP contribution in [-0.4, -0.2) is 19.5 Å². The van der Waals surface area contributed by atoms with E-state index < -0.39 is 0 Å². The monoisotopic (exact) mass is 338 g/mol. The summed E-state index contributed by atoms with van der Waals surface area (Å²) in [7, 11) is 0. The molecule has 0 aliphatic heterocycles. The Morgan fingerprint density at radius 1 is 1.35 bits per heavy atom. The van der Waals surface area contributed by atoms with Gasteiger partial charge in [-0.25, -0.2) is 9.97 Å². The number of nitrogens with one attached hydrogen (secondary N) is 1. The van der Waals surface area contributed by atoms with E-state index in [4.69, 9.17) is 0 Å². The molecule has 2 aromatic heterocycles. The van der Waals surface area contributed by atoms with Crippen molar-refractivity contribution in [2.45, 2.75) is 40.2 Å². The van der Waals surface area contributed by atoms with E-state index in [1.54, 1.807) is 12.5 Å². The lowest BCUT2D eigenvalue weighted by Gasteiger charge is -2.13. The summed E-state index contributed by atoms with van der Waals surface area (Å²) in [5.41, 5.74) is 1.46. The van der Waals surface area contributed by atoms with Crippen LogP contribution in [0.15, 0.2) is 21.8 Å². The summed E-state index contributed by atoms with van der Waals surface area (Å²) in [6, 6.07) is 0.259. The van der Waals surface area contributed by atoms with Crippen LogP contribution in [0.1, 0.15) is 39.4 Å². The summed E-state index contributed by atoms with van der Waals surface area (Å²) in [6.07, 6.45) is 4.24. The van der Waals surface area contributed by atoms with Crippen LogP contribution < -0.4 is 5.56 Å². The SMILES string of the molecule is CC(C)Cc1nc(-c2cncn2C(C)C)[nH]c(=O)c1Br. The van der Waals surface area contributed by atoms with Crippen LogP contribution in [0.25, 0.3) is 11.5 Å². The average molecular weight is 339 g/mol. The quantitative estimate of drug-likeness (QED) is 0.931. The van der Waals surface area contributed by atoms with Crippen molar-refractivity contribution < 1.29 is 0 Å². The highest BCUT2D eigenvalue weighted by molar-refractivity contribution is 9.10. The van der Waals surface area contributed by atoms with Crippen LogP contribution in [0.2, 0.25) is 0 Å². The van der Waals surface area contributed by atoms with Gasteiger partial charge in [-0.2, -0.15) is 0 Å². The standard InChI is InChI=1S/C14H19BrN4O/c1-8(2)5-10-12(15)14(20)18-13(17-10)11-6-16-7-19(11)9(3)4/h6-9H,5H2,1-4H3,(H,17,18,20). The second kappa shape index (κ2) is 5.91. The lowest BCUT2D eigenvalue weighted by atomic mass is 10.1. The molecule has 6 heteroatoms. The minimum atomic E-state index is -0.151. The Kier molecular flexibility index (Phi) is 4.42.